The molecule has 1 heterocycles. The molecule has 0 saturated carbocycles. The first-order valence-electron chi connectivity index (χ1n) is 10.8. The number of nitrogens with one attached hydrogen (secondary N) is 2. The van der Waals surface area contributed by atoms with Crippen molar-refractivity contribution >= 4 is 21.6 Å². The van der Waals surface area contributed by atoms with E-state index in [1.54, 1.807) is 19.9 Å². The van der Waals surface area contributed by atoms with Gasteiger partial charge in [-0.3, -0.25) is 9.69 Å². The third kappa shape index (κ3) is 6.21. The molecule has 32 heavy (non-hydrogen) atoms. The molecule has 2 aromatic carbocycles. The van der Waals surface area contributed by atoms with Gasteiger partial charge in [-0.15, -0.1) is 0 Å². The number of benzene rings is 2. The highest BCUT2D eigenvalue weighted by Crippen LogP contribution is 2.25. The van der Waals surface area contributed by atoms with E-state index >= 15 is 0 Å². The molecule has 0 unspecified atom stereocenters. The fourth-order valence-electron chi connectivity index (χ4n) is 3.70. The van der Waals surface area contributed by atoms with E-state index in [-0.39, 0.29) is 28.2 Å². The fraction of sp³-hybridized carbons (Fsp3) is 0.435. The van der Waals surface area contributed by atoms with Crippen molar-refractivity contribution < 1.29 is 17.9 Å². The molecule has 1 aliphatic heterocycles. The molecule has 2 aromatic rings. The summed E-state index contributed by atoms with van der Waals surface area (Å²) in [6.07, 6.45) is 0. The topological polar surface area (TPSA) is 91.0 Å². The van der Waals surface area contributed by atoms with Crippen LogP contribution in [0.5, 0.6) is 5.75 Å². The second-order valence-corrected chi connectivity index (χ2v) is 9.74. The van der Waals surface area contributed by atoms with Gasteiger partial charge >= 0.3 is 0 Å². The van der Waals surface area contributed by atoms with Crippen LogP contribution in [0.2, 0.25) is 0 Å². The first-order valence-corrected chi connectivity index (χ1v) is 12.3. The van der Waals surface area contributed by atoms with Gasteiger partial charge in [0.05, 0.1) is 7.11 Å². The summed E-state index contributed by atoms with van der Waals surface area (Å²) < 4.78 is 32.9. The van der Waals surface area contributed by atoms with E-state index in [2.05, 4.69) is 32.0 Å². The summed E-state index contributed by atoms with van der Waals surface area (Å²) in [5.41, 5.74) is 1.52. The van der Waals surface area contributed by atoms with Gasteiger partial charge in [0, 0.05) is 56.6 Å². The van der Waals surface area contributed by atoms with Gasteiger partial charge in [0.15, 0.2) is 0 Å². The van der Waals surface area contributed by atoms with E-state index in [4.69, 9.17) is 4.74 Å². The number of hydrogen-bond donors (Lipinski definition) is 2. The monoisotopic (exact) mass is 460 g/mol. The number of rotatable bonds is 9. The van der Waals surface area contributed by atoms with Crippen LogP contribution in [0.25, 0.3) is 0 Å². The molecule has 0 bridgehead atoms. The summed E-state index contributed by atoms with van der Waals surface area (Å²) in [5.74, 6) is -0.109. The zero-order chi connectivity index (χ0) is 23.1. The minimum atomic E-state index is -3.79. The number of piperazine rings is 1. The van der Waals surface area contributed by atoms with Crippen LogP contribution >= 0.6 is 0 Å². The van der Waals surface area contributed by atoms with Crippen molar-refractivity contribution in [2.45, 2.75) is 24.8 Å². The van der Waals surface area contributed by atoms with Gasteiger partial charge < -0.3 is 15.0 Å². The van der Waals surface area contributed by atoms with E-state index in [1.165, 1.54) is 24.9 Å². The lowest BCUT2D eigenvalue weighted by molar-refractivity contribution is 0.0947. The molecule has 1 saturated heterocycles. The number of carbonyl (C=O) groups is 1. The first-order chi connectivity index (χ1) is 15.3. The van der Waals surface area contributed by atoms with Gasteiger partial charge in [-0.05, 0) is 44.2 Å². The Balaban J connectivity index is 1.54. The van der Waals surface area contributed by atoms with E-state index in [9.17, 15) is 13.2 Å². The van der Waals surface area contributed by atoms with Crippen LogP contribution in [-0.2, 0) is 10.0 Å². The molecule has 0 aromatic heterocycles. The predicted molar refractivity (Wildman–Crippen MR) is 126 cm³/mol. The smallest absolute Gasteiger partial charge is 0.251 e. The Morgan fingerprint density at radius 2 is 1.75 bits per heavy atom. The number of para-hydroxylation sites is 1. The lowest BCUT2D eigenvalue weighted by Gasteiger charge is -2.36. The van der Waals surface area contributed by atoms with E-state index in [1.807, 2.05) is 18.2 Å². The number of carbonyl (C=O) groups excluding carboxylic acids is 1. The zero-order valence-corrected chi connectivity index (χ0v) is 19.7. The van der Waals surface area contributed by atoms with Crippen LogP contribution < -0.4 is 19.7 Å². The second-order valence-electron chi connectivity index (χ2n) is 8.06. The Morgan fingerprint density at radius 1 is 1.06 bits per heavy atom. The number of sulfonamides is 1. The van der Waals surface area contributed by atoms with Crippen LogP contribution in [0.4, 0.5) is 5.69 Å². The highest BCUT2D eigenvalue weighted by atomic mass is 32.2. The molecule has 0 aliphatic carbocycles. The van der Waals surface area contributed by atoms with E-state index in [0.29, 0.717) is 6.54 Å². The molecule has 9 heteroatoms. The molecule has 1 fully saturated rings. The summed E-state index contributed by atoms with van der Waals surface area (Å²) in [6.45, 7) is 8.45. The van der Waals surface area contributed by atoms with Crippen molar-refractivity contribution in [3.05, 3.63) is 54.1 Å². The molecule has 1 aliphatic rings. The molecule has 2 N–H and O–H groups in total. The number of methoxy groups -OCH3 is 1. The van der Waals surface area contributed by atoms with Crippen molar-refractivity contribution in [1.29, 1.82) is 0 Å². The average molecular weight is 461 g/mol. The maximum Gasteiger partial charge on any atom is 0.251 e. The van der Waals surface area contributed by atoms with Crippen LogP contribution in [0.3, 0.4) is 0 Å². The van der Waals surface area contributed by atoms with Gasteiger partial charge in [-0.1, -0.05) is 18.2 Å². The first kappa shape index (κ1) is 24.0. The normalized spacial score (nSPS) is 15.1. The summed E-state index contributed by atoms with van der Waals surface area (Å²) in [4.78, 5) is 17.3. The van der Waals surface area contributed by atoms with Crippen LogP contribution in [-0.4, -0.2) is 71.6 Å². The molecular formula is C23H32N4O4S. The average Bonchev–Trinajstić information content (AvgIpc) is 2.79. The van der Waals surface area contributed by atoms with E-state index in [0.717, 1.165) is 32.7 Å². The minimum absolute atomic E-state index is 0.0432. The van der Waals surface area contributed by atoms with Crippen molar-refractivity contribution in [1.82, 2.24) is 14.9 Å². The number of hydrogen-bond acceptors (Lipinski definition) is 6. The SMILES string of the molecule is COc1ccc(C(=O)NCCN2CCN(c3ccccc3)CC2)cc1S(=O)(=O)NC(C)C. The molecule has 0 atom stereocenters. The summed E-state index contributed by atoms with van der Waals surface area (Å²) in [7, 11) is -2.39. The van der Waals surface area contributed by atoms with Crippen molar-refractivity contribution in [3.63, 3.8) is 0 Å². The van der Waals surface area contributed by atoms with Gasteiger partial charge in [0.25, 0.3) is 5.91 Å². The lowest BCUT2D eigenvalue weighted by Crippen LogP contribution is -2.48. The Kier molecular flexibility index (Phi) is 8.11. The van der Waals surface area contributed by atoms with Gasteiger partial charge in [-0.2, -0.15) is 0 Å². The van der Waals surface area contributed by atoms with Crippen LogP contribution in [0, 0.1) is 0 Å². The predicted octanol–water partition coefficient (Wildman–Crippen LogP) is 1.93. The highest BCUT2D eigenvalue weighted by molar-refractivity contribution is 7.89. The van der Waals surface area contributed by atoms with Gasteiger partial charge in [-0.25, -0.2) is 13.1 Å². The highest BCUT2D eigenvalue weighted by Gasteiger charge is 2.23. The van der Waals surface area contributed by atoms with Crippen LogP contribution in [0.1, 0.15) is 24.2 Å². The van der Waals surface area contributed by atoms with Crippen molar-refractivity contribution in [2.24, 2.45) is 0 Å². The molecule has 174 valence electrons. The molecule has 3 rings (SSSR count). The van der Waals surface area contributed by atoms with Crippen LogP contribution in [0.15, 0.2) is 53.4 Å². The van der Waals surface area contributed by atoms with E-state index < -0.39 is 10.0 Å². The molecule has 0 spiro atoms. The molecule has 0 radical (unpaired) electrons. The third-order valence-corrected chi connectivity index (χ3v) is 6.99. The second kappa shape index (κ2) is 10.8. The lowest BCUT2D eigenvalue weighted by atomic mass is 10.2. The zero-order valence-electron chi connectivity index (χ0n) is 18.9. The Bertz CT molecular complexity index is 1000. The largest absolute Gasteiger partial charge is 0.495 e. The Labute approximate surface area is 190 Å². The summed E-state index contributed by atoms with van der Waals surface area (Å²) >= 11 is 0. The van der Waals surface area contributed by atoms with Gasteiger partial charge in [0.1, 0.15) is 10.6 Å². The number of ether oxygens (including phenoxy) is 1. The third-order valence-electron chi connectivity index (χ3n) is 5.31. The maximum absolute atomic E-state index is 12.6. The standard InChI is InChI=1S/C23H32N4O4S/c1-18(2)25-32(29,30)22-17-19(9-10-21(22)31-3)23(28)24-11-12-26-13-15-27(16-14-26)20-7-5-4-6-8-20/h4-10,17-18,25H,11-16H2,1-3H3,(H,24,28). The molecular weight excluding hydrogens is 428 g/mol. The molecule has 8 nitrogen and oxygen atoms in total. The van der Waals surface area contributed by atoms with Crippen molar-refractivity contribution in [3.8, 4) is 5.75 Å². The number of nitrogens with zero attached hydrogens (tertiary/aromatic N) is 2. The maximum atomic E-state index is 12.6. The fourth-order valence-corrected chi connectivity index (χ4v) is 5.15. The Morgan fingerprint density at radius 3 is 2.38 bits per heavy atom. The Hall–Kier alpha value is -2.62. The molecule has 1 amide bonds. The van der Waals surface area contributed by atoms with Gasteiger partial charge in [0.2, 0.25) is 10.0 Å². The summed E-state index contributed by atoms with van der Waals surface area (Å²) in [6, 6.07) is 14.5. The van der Waals surface area contributed by atoms with Crippen molar-refractivity contribution in [2.75, 3.05) is 51.3 Å². The number of amides is 1. The number of anilines is 1. The minimum Gasteiger partial charge on any atom is -0.495 e. The summed E-state index contributed by atoms with van der Waals surface area (Å²) in [5, 5.41) is 2.90. The quantitative estimate of drug-likeness (QED) is 0.594.